The summed E-state index contributed by atoms with van der Waals surface area (Å²) in [6.45, 7) is 0. The molecule has 0 unspecified atom stereocenters. The first-order chi connectivity index (χ1) is 13.8. The molecule has 0 saturated carbocycles. The van der Waals surface area contributed by atoms with Crippen molar-refractivity contribution in [3.8, 4) is 16.9 Å². The lowest BCUT2D eigenvalue weighted by atomic mass is 10.1. The van der Waals surface area contributed by atoms with Crippen LogP contribution < -0.4 is 5.32 Å². The molecule has 0 bridgehead atoms. The third kappa shape index (κ3) is 2.87. The van der Waals surface area contributed by atoms with E-state index in [1.807, 2.05) is 59.3 Å². The van der Waals surface area contributed by atoms with Crippen molar-refractivity contribution < 1.29 is 0 Å². The number of rotatable bonds is 4. The Morgan fingerprint density at radius 1 is 1.04 bits per heavy atom. The third-order valence-corrected chi connectivity index (χ3v) is 4.71. The predicted molar refractivity (Wildman–Crippen MR) is 109 cm³/mol. The van der Waals surface area contributed by atoms with Crippen LogP contribution in [0.15, 0.2) is 73.4 Å². The molecule has 0 atom stereocenters. The van der Waals surface area contributed by atoms with E-state index in [0.29, 0.717) is 22.5 Å². The largest absolute Gasteiger partial charge is 0.307 e. The summed E-state index contributed by atoms with van der Waals surface area (Å²) in [5.74, 6) is 1.09. The summed E-state index contributed by atoms with van der Waals surface area (Å²) in [6.07, 6.45) is 6.99. The van der Waals surface area contributed by atoms with E-state index in [9.17, 15) is 0 Å². The first kappa shape index (κ1) is 16.5. The van der Waals surface area contributed by atoms with Gasteiger partial charge in [0.1, 0.15) is 5.69 Å². The highest BCUT2D eigenvalue weighted by Crippen LogP contribution is 2.32. The quantitative estimate of drug-likeness (QED) is 0.470. The number of nitrogens with zero attached hydrogens (tertiary/aromatic N) is 5. The summed E-state index contributed by atoms with van der Waals surface area (Å²) < 4.78 is 1.85. The average molecular weight is 388 g/mol. The van der Waals surface area contributed by atoms with Gasteiger partial charge in [-0.3, -0.25) is 5.10 Å². The van der Waals surface area contributed by atoms with E-state index in [4.69, 9.17) is 16.6 Å². The van der Waals surface area contributed by atoms with Gasteiger partial charge in [0.05, 0.1) is 28.8 Å². The van der Waals surface area contributed by atoms with Crippen molar-refractivity contribution in [2.75, 3.05) is 5.32 Å². The highest BCUT2D eigenvalue weighted by atomic mass is 35.5. The van der Waals surface area contributed by atoms with E-state index in [2.05, 4.69) is 25.5 Å². The number of para-hydroxylation sites is 1. The zero-order valence-corrected chi connectivity index (χ0v) is 15.3. The summed E-state index contributed by atoms with van der Waals surface area (Å²) in [7, 11) is 0. The third-order valence-electron chi connectivity index (χ3n) is 4.38. The minimum Gasteiger partial charge on any atom is -0.307 e. The Kier molecular flexibility index (Phi) is 3.99. The Balaban J connectivity index is 1.63. The smallest absolute Gasteiger partial charge is 0.229 e. The molecule has 8 heteroatoms. The standard InChI is InChI=1S/C20H14ClN7/c21-15-7-3-1-5-13(15)18-17(28-10-9-22-12-28)11-23-20(24-18)25-19-14-6-2-4-8-16(14)26-27-19/h1-12H,(H2,23,24,25,26,27). The number of nitrogens with one attached hydrogen (secondary N) is 2. The van der Waals surface area contributed by atoms with Crippen LogP contribution in [0.2, 0.25) is 5.02 Å². The second kappa shape index (κ2) is 6.79. The molecule has 3 aromatic heterocycles. The van der Waals surface area contributed by atoms with Crippen molar-refractivity contribution in [1.82, 2.24) is 29.7 Å². The van der Waals surface area contributed by atoms with Gasteiger partial charge in [0, 0.05) is 23.3 Å². The Labute approximate surface area is 165 Å². The zero-order valence-electron chi connectivity index (χ0n) is 14.5. The fourth-order valence-corrected chi connectivity index (χ4v) is 3.27. The van der Waals surface area contributed by atoms with Gasteiger partial charge in [0.15, 0.2) is 5.82 Å². The molecular weight excluding hydrogens is 374 g/mol. The highest BCUT2D eigenvalue weighted by molar-refractivity contribution is 6.33. The molecule has 0 radical (unpaired) electrons. The van der Waals surface area contributed by atoms with Crippen molar-refractivity contribution in [3.63, 3.8) is 0 Å². The van der Waals surface area contributed by atoms with Crippen LogP contribution in [0.1, 0.15) is 0 Å². The Morgan fingerprint density at radius 2 is 1.89 bits per heavy atom. The molecule has 2 N–H and O–H groups in total. The second-order valence-corrected chi connectivity index (χ2v) is 6.53. The molecule has 0 amide bonds. The molecule has 0 fully saturated rings. The topological polar surface area (TPSA) is 84.3 Å². The van der Waals surface area contributed by atoms with Gasteiger partial charge in [-0.2, -0.15) is 5.10 Å². The summed E-state index contributed by atoms with van der Waals surface area (Å²) in [4.78, 5) is 13.3. The first-order valence-corrected chi connectivity index (χ1v) is 8.98. The molecule has 0 saturated heterocycles. The van der Waals surface area contributed by atoms with Crippen molar-refractivity contribution in [1.29, 1.82) is 0 Å². The van der Waals surface area contributed by atoms with Gasteiger partial charge in [-0.15, -0.1) is 0 Å². The summed E-state index contributed by atoms with van der Waals surface area (Å²) in [5, 5.41) is 12.1. The minimum absolute atomic E-state index is 0.427. The molecule has 136 valence electrons. The monoisotopic (exact) mass is 387 g/mol. The van der Waals surface area contributed by atoms with Crippen molar-refractivity contribution in [3.05, 3.63) is 78.5 Å². The SMILES string of the molecule is Clc1ccccc1-c1nc(Nc2n[nH]c3ccccc23)ncc1-n1ccnc1. The summed E-state index contributed by atoms with van der Waals surface area (Å²) in [6, 6.07) is 15.4. The molecule has 7 nitrogen and oxygen atoms in total. The van der Waals surface area contributed by atoms with E-state index in [0.717, 1.165) is 22.2 Å². The van der Waals surface area contributed by atoms with Gasteiger partial charge >= 0.3 is 0 Å². The second-order valence-electron chi connectivity index (χ2n) is 6.12. The van der Waals surface area contributed by atoms with Gasteiger partial charge < -0.3 is 9.88 Å². The molecule has 0 aliphatic carbocycles. The number of aromatic amines is 1. The number of imidazole rings is 1. The average Bonchev–Trinajstić information content (AvgIpc) is 3.39. The number of aromatic nitrogens is 6. The molecule has 5 rings (SSSR count). The Morgan fingerprint density at radius 3 is 2.75 bits per heavy atom. The number of fused-ring (bicyclic) bond motifs is 1. The van der Waals surface area contributed by atoms with Gasteiger partial charge in [-0.25, -0.2) is 15.0 Å². The van der Waals surface area contributed by atoms with Crippen LogP contribution in [0.3, 0.4) is 0 Å². The van der Waals surface area contributed by atoms with Gasteiger partial charge in [-0.1, -0.05) is 41.9 Å². The van der Waals surface area contributed by atoms with Gasteiger partial charge in [0.25, 0.3) is 0 Å². The van der Waals surface area contributed by atoms with Crippen LogP contribution in [0.25, 0.3) is 27.8 Å². The zero-order chi connectivity index (χ0) is 18.9. The van der Waals surface area contributed by atoms with Gasteiger partial charge in [-0.05, 0) is 18.2 Å². The van der Waals surface area contributed by atoms with Crippen LogP contribution in [0.4, 0.5) is 11.8 Å². The normalized spacial score (nSPS) is 11.0. The molecule has 0 aliphatic heterocycles. The molecule has 28 heavy (non-hydrogen) atoms. The fourth-order valence-electron chi connectivity index (χ4n) is 3.04. The maximum Gasteiger partial charge on any atom is 0.229 e. The van der Waals surface area contributed by atoms with Gasteiger partial charge in [0.2, 0.25) is 5.95 Å². The predicted octanol–water partition coefficient (Wildman–Crippen LogP) is 4.60. The number of halogens is 1. The first-order valence-electron chi connectivity index (χ1n) is 8.60. The fraction of sp³-hybridized carbons (Fsp3) is 0. The summed E-state index contributed by atoms with van der Waals surface area (Å²) in [5.41, 5.74) is 3.22. The lowest BCUT2D eigenvalue weighted by Crippen LogP contribution is -2.04. The number of anilines is 2. The Hall–Kier alpha value is -3.71. The van der Waals surface area contributed by atoms with E-state index >= 15 is 0 Å². The molecule has 5 aromatic rings. The molecular formula is C20H14ClN7. The van der Waals surface area contributed by atoms with Crippen LogP contribution in [0, 0.1) is 0 Å². The lowest BCUT2D eigenvalue weighted by Gasteiger charge is -2.12. The van der Waals surface area contributed by atoms with Crippen molar-refractivity contribution >= 4 is 34.3 Å². The number of benzene rings is 2. The minimum atomic E-state index is 0.427. The lowest BCUT2D eigenvalue weighted by molar-refractivity contribution is 1.01. The molecule has 3 heterocycles. The van der Waals surface area contributed by atoms with Crippen LogP contribution in [0.5, 0.6) is 0 Å². The van der Waals surface area contributed by atoms with Crippen LogP contribution in [-0.2, 0) is 0 Å². The number of hydrogen-bond acceptors (Lipinski definition) is 5. The van der Waals surface area contributed by atoms with Crippen LogP contribution >= 0.6 is 11.6 Å². The maximum absolute atomic E-state index is 6.44. The highest BCUT2D eigenvalue weighted by Gasteiger charge is 2.15. The van der Waals surface area contributed by atoms with E-state index in [-0.39, 0.29) is 0 Å². The molecule has 0 aliphatic rings. The number of hydrogen-bond donors (Lipinski definition) is 2. The van der Waals surface area contributed by atoms with Crippen molar-refractivity contribution in [2.45, 2.75) is 0 Å². The van der Waals surface area contributed by atoms with Crippen molar-refractivity contribution in [2.24, 2.45) is 0 Å². The van der Waals surface area contributed by atoms with E-state index < -0.39 is 0 Å². The molecule has 0 spiro atoms. The van der Waals surface area contributed by atoms with E-state index in [1.54, 1.807) is 18.7 Å². The Bertz CT molecular complexity index is 1260. The van der Waals surface area contributed by atoms with Crippen LogP contribution in [-0.4, -0.2) is 29.7 Å². The molecule has 2 aromatic carbocycles. The number of H-pyrrole nitrogens is 1. The summed E-state index contributed by atoms with van der Waals surface area (Å²) >= 11 is 6.44. The maximum atomic E-state index is 6.44. The van der Waals surface area contributed by atoms with E-state index in [1.165, 1.54) is 0 Å².